The molecule has 0 heterocycles. The third kappa shape index (κ3) is 3.89. The Balaban J connectivity index is 2.07. The highest BCUT2D eigenvalue weighted by atomic mass is 16.1. The molecule has 0 atom stereocenters. The van der Waals surface area contributed by atoms with Crippen LogP contribution in [0, 0.1) is 5.92 Å². The van der Waals surface area contributed by atoms with Crippen molar-refractivity contribution in [3.63, 3.8) is 0 Å². The average molecular weight is 168 g/mol. The van der Waals surface area contributed by atoms with Crippen molar-refractivity contribution in [2.24, 2.45) is 5.92 Å². The van der Waals surface area contributed by atoms with E-state index < -0.39 is 0 Å². The Morgan fingerprint density at radius 3 is 2.33 bits per heavy atom. The minimum atomic E-state index is 0.774. The summed E-state index contributed by atoms with van der Waals surface area (Å²) in [6.45, 7) is 0. The van der Waals surface area contributed by atoms with Crippen LogP contribution in [-0.4, -0.2) is 6.29 Å². The summed E-state index contributed by atoms with van der Waals surface area (Å²) >= 11 is 0. The average Bonchev–Trinajstić information content (AvgIpc) is 2.33. The molecule has 1 saturated carbocycles. The SMILES string of the molecule is O=CCCCC1CCCCCC1. The second kappa shape index (κ2) is 6.22. The van der Waals surface area contributed by atoms with Crippen LogP contribution in [0.15, 0.2) is 0 Å². The second-order valence-electron chi connectivity index (χ2n) is 3.96. The van der Waals surface area contributed by atoms with E-state index >= 15 is 0 Å². The van der Waals surface area contributed by atoms with Gasteiger partial charge in [-0.15, -0.1) is 0 Å². The summed E-state index contributed by atoms with van der Waals surface area (Å²) < 4.78 is 0. The maximum Gasteiger partial charge on any atom is 0.119 e. The van der Waals surface area contributed by atoms with Crippen molar-refractivity contribution < 1.29 is 4.79 Å². The molecule has 0 aromatic rings. The summed E-state index contributed by atoms with van der Waals surface area (Å²) in [5.41, 5.74) is 0. The standard InChI is InChI=1S/C11H20O/c12-10-6-5-9-11-7-3-1-2-4-8-11/h10-11H,1-9H2. The fraction of sp³-hybridized carbons (Fsp3) is 0.909. The van der Waals surface area contributed by atoms with Crippen molar-refractivity contribution in [1.82, 2.24) is 0 Å². The summed E-state index contributed by atoms with van der Waals surface area (Å²) in [7, 11) is 0. The molecule has 0 saturated heterocycles. The van der Waals surface area contributed by atoms with Crippen molar-refractivity contribution in [3.05, 3.63) is 0 Å². The summed E-state index contributed by atoms with van der Waals surface area (Å²) in [5.74, 6) is 0.937. The molecule has 0 unspecified atom stereocenters. The molecule has 0 amide bonds. The molecule has 0 aromatic heterocycles. The van der Waals surface area contributed by atoms with Gasteiger partial charge in [-0.1, -0.05) is 44.9 Å². The Hall–Kier alpha value is -0.330. The second-order valence-corrected chi connectivity index (χ2v) is 3.96. The Kier molecular flexibility index (Phi) is 5.05. The summed E-state index contributed by atoms with van der Waals surface area (Å²) in [5, 5.41) is 0. The highest BCUT2D eigenvalue weighted by Crippen LogP contribution is 2.26. The van der Waals surface area contributed by atoms with Gasteiger partial charge in [0, 0.05) is 6.42 Å². The predicted octanol–water partition coefficient (Wildman–Crippen LogP) is 3.33. The quantitative estimate of drug-likeness (QED) is 0.357. The minimum Gasteiger partial charge on any atom is -0.303 e. The van der Waals surface area contributed by atoms with Gasteiger partial charge in [0.2, 0.25) is 0 Å². The van der Waals surface area contributed by atoms with Crippen molar-refractivity contribution >= 4 is 6.29 Å². The van der Waals surface area contributed by atoms with Crippen LogP contribution in [0.1, 0.15) is 57.8 Å². The molecule has 70 valence electrons. The van der Waals surface area contributed by atoms with E-state index in [1.807, 2.05) is 0 Å². The molecule has 0 spiro atoms. The van der Waals surface area contributed by atoms with Crippen LogP contribution in [0.2, 0.25) is 0 Å². The van der Waals surface area contributed by atoms with Gasteiger partial charge in [0.05, 0.1) is 0 Å². The summed E-state index contributed by atoms with van der Waals surface area (Å²) in [6.07, 6.45) is 12.8. The molecule has 0 radical (unpaired) electrons. The first-order valence-corrected chi connectivity index (χ1v) is 5.37. The van der Waals surface area contributed by atoms with Crippen molar-refractivity contribution in [1.29, 1.82) is 0 Å². The van der Waals surface area contributed by atoms with E-state index in [1.54, 1.807) is 0 Å². The normalized spacial score (nSPS) is 20.3. The lowest BCUT2D eigenvalue weighted by atomic mass is 9.94. The lowest BCUT2D eigenvalue weighted by Crippen LogP contribution is -1.98. The number of carbonyl (C=O) groups is 1. The number of hydrogen-bond acceptors (Lipinski definition) is 1. The van der Waals surface area contributed by atoms with Gasteiger partial charge < -0.3 is 4.79 Å². The summed E-state index contributed by atoms with van der Waals surface area (Å²) in [4.78, 5) is 10.1. The Labute approximate surface area is 75.5 Å². The third-order valence-corrected chi connectivity index (χ3v) is 2.91. The van der Waals surface area contributed by atoms with Gasteiger partial charge in [0.15, 0.2) is 0 Å². The van der Waals surface area contributed by atoms with E-state index in [-0.39, 0.29) is 0 Å². The molecule has 0 N–H and O–H groups in total. The van der Waals surface area contributed by atoms with Crippen LogP contribution in [-0.2, 0) is 4.79 Å². The summed E-state index contributed by atoms with van der Waals surface area (Å²) in [6, 6.07) is 0. The molecule has 1 heteroatoms. The first-order valence-electron chi connectivity index (χ1n) is 5.37. The molecule has 0 aliphatic heterocycles. The fourth-order valence-electron chi connectivity index (χ4n) is 2.14. The van der Waals surface area contributed by atoms with E-state index in [0.29, 0.717) is 0 Å². The van der Waals surface area contributed by atoms with Crippen LogP contribution < -0.4 is 0 Å². The highest BCUT2D eigenvalue weighted by molar-refractivity contribution is 5.48. The highest BCUT2D eigenvalue weighted by Gasteiger charge is 2.10. The first kappa shape index (κ1) is 9.76. The zero-order chi connectivity index (χ0) is 8.65. The van der Waals surface area contributed by atoms with Crippen molar-refractivity contribution in [2.75, 3.05) is 0 Å². The smallest absolute Gasteiger partial charge is 0.119 e. The molecular weight excluding hydrogens is 148 g/mol. The van der Waals surface area contributed by atoms with E-state index in [1.165, 1.54) is 44.9 Å². The molecule has 0 aromatic carbocycles. The largest absolute Gasteiger partial charge is 0.303 e. The molecule has 0 bridgehead atoms. The number of rotatable bonds is 4. The first-order chi connectivity index (χ1) is 5.93. The Morgan fingerprint density at radius 1 is 1.08 bits per heavy atom. The van der Waals surface area contributed by atoms with Gasteiger partial charge in [-0.25, -0.2) is 0 Å². The van der Waals surface area contributed by atoms with Crippen LogP contribution in [0.4, 0.5) is 0 Å². The van der Waals surface area contributed by atoms with E-state index in [9.17, 15) is 4.79 Å². The molecule has 1 rings (SSSR count). The third-order valence-electron chi connectivity index (χ3n) is 2.91. The van der Waals surface area contributed by atoms with Crippen LogP contribution in [0.25, 0.3) is 0 Å². The van der Waals surface area contributed by atoms with Crippen LogP contribution in [0.3, 0.4) is 0 Å². The zero-order valence-corrected chi connectivity index (χ0v) is 7.93. The molecule has 1 aliphatic rings. The van der Waals surface area contributed by atoms with Gasteiger partial charge in [-0.2, -0.15) is 0 Å². The van der Waals surface area contributed by atoms with Crippen LogP contribution >= 0.6 is 0 Å². The lowest BCUT2D eigenvalue weighted by molar-refractivity contribution is -0.108. The zero-order valence-electron chi connectivity index (χ0n) is 7.93. The van der Waals surface area contributed by atoms with Gasteiger partial charge >= 0.3 is 0 Å². The molecule has 1 aliphatic carbocycles. The Bertz CT molecular complexity index is 112. The molecule has 12 heavy (non-hydrogen) atoms. The van der Waals surface area contributed by atoms with Gasteiger partial charge in [0.1, 0.15) is 6.29 Å². The molecular formula is C11H20O. The maximum atomic E-state index is 10.1. The number of aldehydes is 1. The van der Waals surface area contributed by atoms with Gasteiger partial charge in [-0.05, 0) is 12.3 Å². The predicted molar refractivity (Wildman–Crippen MR) is 51.1 cm³/mol. The van der Waals surface area contributed by atoms with E-state index in [4.69, 9.17) is 0 Å². The fourth-order valence-corrected chi connectivity index (χ4v) is 2.14. The van der Waals surface area contributed by atoms with Gasteiger partial charge in [-0.3, -0.25) is 0 Å². The van der Waals surface area contributed by atoms with Crippen LogP contribution in [0.5, 0.6) is 0 Å². The number of carbonyl (C=O) groups excluding carboxylic acids is 1. The van der Waals surface area contributed by atoms with Crippen molar-refractivity contribution in [2.45, 2.75) is 57.8 Å². The Morgan fingerprint density at radius 2 is 1.75 bits per heavy atom. The number of unbranched alkanes of at least 4 members (excludes halogenated alkanes) is 1. The maximum absolute atomic E-state index is 10.1. The van der Waals surface area contributed by atoms with Gasteiger partial charge in [0.25, 0.3) is 0 Å². The van der Waals surface area contributed by atoms with Crippen molar-refractivity contribution in [3.8, 4) is 0 Å². The lowest BCUT2D eigenvalue weighted by Gasteiger charge is -2.11. The van der Waals surface area contributed by atoms with E-state index in [2.05, 4.69) is 0 Å². The monoisotopic (exact) mass is 168 g/mol. The van der Waals surface area contributed by atoms with E-state index in [0.717, 1.165) is 25.0 Å². The number of hydrogen-bond donors (Lipinski definition) is 0. The molecule has 1 nitrogen and oxygen atoms in total. The minimum absolute atomic E-state index is 0.774. The topological polar surface area (TPSA) is 17.1 Å². The molecule has 1 fully saturated rings.